The molecule has 0 spiro atoms. The number of hydroxylamine groups is 1. The van der Waals surface area contributed by atoms with E-state index in [0.717, 1.165) is 13.2 Å². The summed E-state index contributed by atoms with van der Waals surface area (Å²) in [5, 5.41) is 0. The fraction of sp³-hybridized carbons (Fsp3) is 1.00. The van der Waals surface area contributed by atoms with Crippen molar-refractivity contribution in [2.24, 2.45) is 0 Å². The molecule has 2 heteroatoms. The van der Waals surface area contributed by atoms with E-state index >= 15 is 0 Å². The summed E-state index contributed by atoms with van der Waals surface area (Å²) in [7, 11) is 0. The summed E-state index contributed by atoms with van der Waals surface area (Å²) >= 11 is 0. The van der Waals surface area contributed by atoms with Crippen LogP contribution < -0.4 is 5.48 Å². The predicted molar refractivity (Wildman–Crippen MR) is 65.9 cm³/mol. The number of nitrogens with zero attached hydrogens (tertiary/aromatic N) is 1. The second-order valence-corrected chi connectivity index (χ2v) is 4.11. The molecule has 0 aromatic heterocycles. The Kier molecular flexibility index (Phi) is 13.8. The van der Waals surface area contributed by atoms with Crippen molar-refractivity contribution < 1.29 is 4.84 Å². The van der Waals surface area contributed by atoms with Gasteiger partial charge >= 0.3 is 0 Å². The minimum atomic E-state index is 0.775. The monoisotopic (exact) mass is 214 g/mol. The molecule has 0 atom stereocenters. The minimum absolute atomic E-state index is 0.775. The van der Waals surface area contributed by atoms with Crippen molar-refractivity contribution >= 4 is 0 Å². The molecule has 0 aromatic carbocycles. The smallest absolute Gasteiger partial charge is 0.0702 e. The molecule has 0 aliphatic heterocycles. The molecule has 1 radical (unpaired) electrons. The van der Waals surface area contributed by atoms with Gasteiger partial charge in [-0.3, -0.25) is 4.84 Å². The van der Waals surface area contributed by atoms with Gasteiger partial charge in [-0.25, -0.2) is 0 Å². The van der Waals surface area contributed by atoms with E-state index in [1.54, 1.807) is 0 Å². The first-order valence-corrected chi connectivity index (χ1v) is 6.70. The zero-order valence-electron chi connectivity index (χ0n) is 10.6. The third-order valence-electron chi connectivity index (χ3n) is 2.56. The molecule has 0 saturated carbocycles. The summed E-state index contributed by atoms with van der Waals surface area (Å²) in [6, 6.07) is 0. The van der Waals surface area contributed by atoms with Crippen LogP contribution >= 0.6 is 0 Å². The van der Waals surface area contributed by atoms with Crippen LogP contribution in [-0.4, -0.2) is 13.2 Å². The van der Waals surface area contributed by atoms with Crippen molar-refractivity contribution in [3.8, 4) is 0 Å². The number of unbranched alkanes of at least 4 members (excludes halogenated alkanes) is 8. The van der Waals surface area contributed by atoms with Gasteiger partial charge in [0.1, 0.15) is 0 Å². The highest BCUT2D eigenvalue weighted by atomic mass is 16.6. The van der Waals surface area contributed by atoms with E-state index in [1.165, 1.54) is 57.8 Å². The highest BCUT2D eigenvalue weighted by molar-refractivity contribution is 4.46. The molecule has 2 nitrogen and oxygen atoms in total. The van der Waals surface area contributed by atoms with E-state index in [4.69, 9.17) is 4.84 Å². The van der Waals surface area contributed by atoms with Crippen LogP contribution in [0.5, 0.6) is 0 Å². The van der Waals surface area contributed by atoms with Crippen molar-refractivity contribution in [2.45, 2.75) is 71.6 Å². The van der Waals surface area contributed by atoms with Crippen LogP contribution in [0.15, 0.2) is 0 Å². The SMILES string of the molecule is CCCCCCCCCCCO[N]CC. The summed E-state index contributed by atoms with van der Waals surface area (Å²) in [6.07, 6.45) is 12.2. The highest BCUT2D eigenvalue weighted by Crippen LogP contribution is 2.09. The van der Waals surface area contributed by atoms with Gasteiger partial charge < -0.3 is 0 Å². The summed E-state index contributed by atoms with van der Waals surface area (Å²) in [5.74, 6) is 0. The Morgan fingerprint density at radius 2 is 1.27 bits per heavy atom. The van der Waals surface area contributed by atoms with Crippen LogP contribution in [0.2, 0.25) is 0 Å². The average molecular weight is 214 g/mol. The first-order chi connectivity index (χ1) is 7.41. The average Bonchev–Trinajstić information content (AvgIpc) is 2.26. The van der Waals surface area contributed by atoms with E-state index in [-0.39, 0.29) is 0 Å². The Hall–Kier alpha value is -0.0800. The fourth-order valence-electron chi connectivity index (χ4n) is 1.63. The molecule has 0 aliphatic rings. The zero-order chi connectivity index (χ0) is 11.2. The molecular weight excluding hydrogens is 186 g/mol. The van der Waals surface area contributed by atoms with Gasteiger partial charge in [0.05, 0.1) is 6.61 Å². The Morgan fingerprint density at radius 3 is 1.80 bits per heavy atom. The molecule has 0 bridgehead atoms. The van der Waals surface area contributed by atoms with Crippen molar-refractivity contribution in [2.75, 3.05) is 13.2 Å². The minimum Gasteiger partial charge on any atom is -0.282 e. The summed E-state index contributed by atoms with van der Waals surface area (Å²) in [6.45, 7) is 5.85. The number of rotatable bonds is 12. The van der Waals surface area contributed by atoms with Gasteiger partial charge in [-0.2, -0.15) is 0 Å². The highest BCUT2D eigenvalue weighted by Gasteiger charge is 1.92. The molecular formula is C13H28NO. The van der Waals surface area contributed by atoms with Crippen LogP contribution in [-0.2, 0) is 4.84 Å². The lowest BCUT2D eigenvalue weighted by Gasteiger charge is -2.02. The van der Waals surface area contributed by atoms with Crippen LogP contribution in [0.4, 0.5) is 0 Å². The first-order valence-electron chi connectivity index (χ1n) is 6.70. The van der Waals surface area contributed by atoms with Gasteiger partial charge in [-0.1, -0.05) is 63.8 Å². The molecule has 0 saturated heterocycles. The van der Waals surface area contributed by atoms with Crippen molar-refractivity contribution in [3.63, 3.8) is 0 Å². The maximum Gasteiger partial charge on any atom is 0.0702 e. The van der Waals surface area contributed by atoms with Gasteiger partial charge in [0.15, 0.2) is 0 Å². The lowest BCUT2D eigenvalue weighted by Crippen LogP contribution is -2.06. The normalized spacial score (nSPS) is 10.8. The third kappa shape index (κ3) is 13.9. The van der Waals surface area contributed by atoms with Gasteiger partial charge in [-0.15, -0.1) is 0 Å². The molecule has 0 rings (SSSR count). The molecule has 0 amide bonds. The standard InChI is InChI=1S/C13H28NO/c1-3-5-6-7-8-9-10-11-12-13-15-14-4-2/h3-13H2,1-2H3. The molecule has 0 fully saturated rings. The Labute approximate surface area is 95.7 Å². The quantitative estimate of drug-likeness (QED) is 0.355. The Morgan fingerprint density at radius 1 is 0.733 bits per heavy atom. The maximum absolute atomic E-state index is 5.07. The van der Waals surface area contributed by atoms with Gasteiger partial charge in [0, 0.05) is 6.54 Å². The molecule has 0 aromatic rings. The van der Waals surface area contributed by atoms with Gasteiger partial charge in [-0.05, 0) is 13.3 Å². The number of hydrogen-bond acceptors (Lipinski definition) is 1. The van der Waals surface area contributed by atoms with Crippen molar-refractivity contribution in [1.29, 1.82) is 0 Å². The van der Waals surface area contributed by atoms with Crippen molar-refractivity contribution in [3.05, 3.63) is 0 Å². The summed E-state index contributed by atoms with van der Waals surface area (Å²) in [5.41, 5.74) is 3.84. The molecule has 0 aliphatic carbocycles. The largest absolute Gasteiger partial charge is 0.282 e. The topological polar surface area (TPSA) is 23.3 Å². The lowest BCUT2D eigenvalue weighted by atomic mass is 10.1. The molecule has 91 valence electrons. The van der Waals surface area contributed by atoms with Crippen LogP contribution in [0.25, 0.3) is 0 Å². The van der Waals surface area contributed by atoms with E-state index in [0.29, 0.717) is 0 Å². The second kappa shape index (κ2) is 13.9. The molecule has 0 unspecified atom stereocenters. The van der Waals surface area contributed by atoms with Gasteiger partial charge in [0.2, 0.25) is 0 Å². The van der Waals surface area contributed by atoms with Gasteiger partial charge in [0.25, 0.3) is 0 Å². The molecule has 0 heterocycles. The van der Waals surface area contributed by atoms with E-state index in [1.807, 2.05) is 6.92 Å². The molecule has 0 N–H and O–H groups in total. The van der Waals surface area contributed by atoms with Crippen LogP contribution in [0.3, 0.4) is 0 Å². The third-order valence-corrected chi connectivity index (χ3v) is 2.56. The Bertz CT molecular complexity index is 94.7. The number of hydrogen-bond donors (Lipinski definition) is 0. The predicted octanol–water partition coefficient (Wildman–Crippen LogP) is 4.07. The van der Waals surface area contributed by atoms with E-state index in [9.17, 15) is 0 Å². The summed E-state index contributed by atoms with van der Waals surface area (Å²) < 4.78 is 0. The van der Waals surface area contributed by atoms with E-state index < -0.39 is 0 Å². The second-order valence-electron chi connectivity index (χ2n) is 4.11. The van der Waals surface area contributed by atoms with Crippen LogP contribution in [0, 0.1) is 0 Å². The van der Waals surface area contributed by atoms with Crippen LogP contribution in [0.1, 0.15) is 71.6 Å². The molecule has 15 heavy (non-hydrogen) atoms. The zero-order valence-corrected chi connectivity index (χ0v) is 10.6. The lowest BCUT2D eigenvalue weighted by molar-refractivity contribution is 0.0338. The van der Waals surface area contributed by atoms with E-state index in [2.05, 4.69) is 12.4 Å². The maximum atomic E-state index is 5.07. The first kappa shape index (κ1) is 14.9. The van der Waals surface area contributed by atoms with Crippen molar-refractivity contribution in [1.82, 2.24) is 5.48 Å². The Balaban J connectivity index is 2.81. The summed E-state index contributed by atoms with van der Waals surface area (Å²) in [4.78, 5) is 5.07. The fourth-order valence-corrected chi connectivity index (χ4v) is 1.63.